The molecule has 186 valence electrons. The Morgan fingerprint density at radius 1 is 1.06 bits per heavy atom. The van der Waals surface area contributed by atoms with E-state index in [1.807, 2.05) is 38.1 Å². The zero-order valence-electron chi connectivity index (χ0n) is 20.6. The molecule has 0 atom stereocenters. The third-order valence-electron chi connectivity index (χ3n) is 5.34. The highest BCUT2D eigenvalue weighted by molar-refractivity contribution is 6.30. The summed E-state index contributed by atoms with van der Waals surface area (Å²) in [5.41, 5.74) is 6.52. The lowest BCUT2D eigenvalue weighted by atomic mass is 10.2. The maximum Gasteiger partial charge on any atom is 0.307 e. The van der Waals surface area contributed by atoms with E-state index < -0.39 is 5.91 Å². The van der Waals surface area contributed by atoms with E-state index in [0.717, 1.165) is 5.69 Å². The average Bonchev–Trinajstić information content (AvgIpc) is 3.46. The van der Waals surface area contributed by atoms with Crippen LogP contribution < -0.4 is 14.9 Å². The Kier molecular flexibility index (Phi) is 7.80. The van der Waals surface area contributed by atoms with E-state index in [-0.39, 0.29) is 18.5 Å². The summed E-state index contributed by atoms with van der Waals surface area (Å²) in [6.07, 6.45) is 1.47. The number of hydrazone groups is 1. The monoisotopic (exact) mass is 505 g/mol. The Hall–Kier alpha value is -3.97. The van der Waals surface area contributed by atoms with Crippen molar-refractivity contribution in [3.63, 3.8) is 0 Å². The Labute approximate surface area is 215 Å². The van der Waals surface area contributed by atoms with Gasteiger partial charge >= 0.3 is 5.91 Å². The molecule has 0 aliphatic heterocycles. The van der Waals surface area contributed by atoms with Crippen LogP contribution in [-0.4, -0.2) is 22.8 Å². The molecule has 0 saturated carbocycles. The van der Waals surface area contributed by atoms with Gasteiger partial charge in [0, 0.05) is 27.7 Å². The molecule has 0 spiro atoms. The van der Waals surface area contributed by atoms with Gasteiger partial charge in [-0.05, 0) is 94.4 Å². The zero-order valence-corrected chi connectivity index (χ0v) is 21.4. The zero-order chi connectivity index (χ0) is 25.7. The van der Waals surface area contributed by atoms with Gasteiger partial charge in [-0.25, -0.2) is 5.43 Å². The number of halogens is 1. The van der Waals surface area contributed by atoms with Gasteiger partial charge in [-0.2, -0.15) is 5.10 Å². The number of hydrogen-bond donors (Lipinski definition) is 1. The first-order valence-electron chi connectivity index (χ1n) is 11.6. The molecule has 0 radical (unpaired) electrons. The van der Waals surface area contributed by atoms with E-state index in [0.29, 0.717) is 27.8 Å². The van der Waals surface area contributed by atoms with Gasteiger partial charge in [0.15, 0.2) is 5.76 Å². The van der Waals surface area contributed by atoms with Gasteiger partial charge in [0.2, 0.25) is 0 Å². The first kappa shape index (κ1) is 25.1. The fourth-order valence-corrected chi connectivity index (χ4v) is 3.88. The molecule has 4 aromatic rings. The van der Waals surface area contributed by atoms with Crippen molar-refractivity contribution in [3.05, 3.63) is 100 Å². The van der Waals surface area contributed by atoms with Crippen molar-refractivity contribution in [1.29, 1.82) is 0 Å². The van der Waals surface area contributed by atoms with Crippen molar-refractivity contribution in [1.82, 2.24) is 9.99 Å². The van der Waals surface area contributed by atoms with Crippen molar-refractivity contribution in [2.24, 2.45) is 5.10 Å². The lowest BCUT2D eigenvalue weighted by Gasteiger charge is -2.12. The molecule has 2 aromatic carbocycles. The van der Waals surface area contributed by atoms with E-state index in [1.54, 1.807) is 30.3 Å². The maximum absolute atomic E-state index is 12.4. The molecule has 0 aliphatic rings. The minimum atomic E-state index is -0.479. The molecule has 0 bridgehead atoms. The number of furan rings is 1. The predicted octanol–water partition coefficient (Wildman–Crippen LogP) is 6.47. The fraction of sp³-hybridized carbons (Fsp3) is 0.214. The predicted molar refractivity (Wildman–Crippen MR) is 141 cm³/mol. The maximum atomic E-state index is 12.4. The molecule has 4 rings (SSSR count). The lowest BCUT2D eigenvalue weighted by Crippen LogP contribution is -2.17. The quantitative estimate of drug-likeness (QED) is 0.209. The lowest BCUT2D eigenvalue weighted by molar-refractivity contribution is 0.0923. The number of aromatic nitrogens is 1. The third kappa shape index (κ3) is 6.17. The smallest absolute Gasteiger partial charge is 0.307 e. The number of carbonyl (C=O) groups is 1. The largest absolute Gasteiger partial charge is 0.490 e. The molecule has 2 aromatic heterocycles. The van der Waals surface area contributed by atoms with Gasteiger partial charge in [-0.3, -0.25) is 4.79 Å². The molecule has 0 fully saturated rings. The Morgan fingerprint density at radius 2 is 1.78 bits per heavy atom. The summed E-state index contributed by atoms with van der Waals surface area (Å²) in [7, 11) is 0. The highest BCUT2D eigenvalue weighted by atomic mass is 35.5. The molecule has 2 heterocycles. The van der Waals surface area contributed by atoms with Gasteiger partial charge in [-0.1, -0.05) is 11.6 Å². The van der Waals surface area contributed by atoms with E-state index in [4.69, 9.17) is 25.5 Å². The Morgan fingerprint density at radius 3 is 2.47 bits per heavy atom. The number of aryl methyl sites for hydroxylation is 2. The van der Waals surface area contributed by atoms with Crippen LogP contribution in [-0.2, 0) is 6.61 Å². The van der Waals surface area contributed by atoms with Gasteiger partial charge in [0.05, 0.1) is 12.3 Å². The molecule has 1 N–H and O–H groups in total. The van der Waals surface area contributed by atoms with E-state index >= 15 is 0 Å². The van der Waals surface area contributed by atoms with Gasteiger partial charge in [0.1, 0.15) is 23.9 Å². The molecule has 7 nitrogen and oxygen atoms in total. The van der Waals surface area contributed by atoms with Crippen LogP contribution in [0, 0.1) is 13.8 Å². The van der Waals surface area contributed by atoms with Gasteiger partial charge in [-0.15, -0.1) is 0 Å². The van der Waals surface area contributed by atoms with Crippen molar-refractivity contribution < 1.29 is 18.7 Å². The summed E-state index contributed by atoms with van der Waals surface area (Å²) in [6.45, 7) is 8.19. The molecule has 0 aliphatic carbocycles. The summed E-state index contributed by atoms with van der Waals surface area (Å²) in [5.74, 6) is 1.50. The SMILES string of the molecule is Cc1ccc(C)n1-c1ccc(OCc2ccc(C(=O)N/N=C/c3cc(Cl)ccc3OC(C)C)o2)cc1. The first-order valence-corrected chi connectivity index (χ1v) is 11.9. The second-order valence-corrected chi connectivity index (χ2v) is 8.98. The molecule has 0 unspecified atom stereocenters. The second kappa shape index (κ2) is 11.2. The number of hydrogen-bond acceptors (Lipinski definition) is 5. The first-order chi connectivity index (χ1) is 17.3. The van der Waals surface area contributed by atoms with Crippen molar-refractivity contribution in [2.45, 2.75) is 40.4 Å². The van der Waals surface area contributed by atoms with Gasteiger partial charge in [0.25, 0.3) is 0 Å². The van der Waals surface area contributed by atoms with Crippen LogP contribution in [0.5, 0.6) is 11.5 Å². The number of nitrogens with zero attached hydrogens (tertiary/aromatic N) is 2. The summed E-state index contributed by atoms with van der Waals surface area (Å²) in [4.78, 5) is 12.4. The highest BCUT2D eigenvalue weighted by Gasteiger charge is 2.12. The number of benzene rings is 2. The summed E-state index contributed by atoms with van der Waals surface area (Å²) in [5, 5.41) is 4.56. The van der Waals surface area contributed by atoms with Crippen molar-refractivity contribution in [2.75, 3.05) is 0 Å². The van der Waals surface area contributed by atoms with Gasteiger partial charge < -0.3 is 18.5 Å². The van der Waals surface area contributed by atoms with Crippen LogP contribution in [0.25, 0.3) is 5.69 Å². The topological polar surface area (TPSA) is 78.0 Å². The van der Waals surface area contributed by atoms with Crippen molar-refractivity contribution >= 4 is 23.7 Å². The standard InChI is InChI=1S/C28H28ClN3O4/c1-18(2)35-26-13-7-22(29)15-21(26)16-30-31-28(33)27-14-12-25(36-27)17-34-24-10-8-23(9-11-24)32-19(3)5-6-20(32)4/h5-16,18H,17H2,1-4H3,(H,31,33)/b30-16+. The minimum Gasteiger partial charge on any atom is -0.490 e. The minimum absolute atomic E-state index is 0.0117. The summed E-state index contributed by atoms with van der Waals surface area (Å²) >= 11 is 6.08. The summed E-state index contributed by atoms with van der Waals surface area (Å²) in [6, 6.07) is 20.5. The number of carbonyl (C=O) groups excluding carboxylic acids is 1. The number of amides is 1. The average molecular weight is 506 g/mol. The Balaban J connectivity index is 1.33. The molecule has 36 heavy (non-hydrogen) atoms. The van der Waals surface area contributed by atoms with Crippen LogP contribution in [0.15, 0.2) is 76.2 Å². The van der Waals surface area contributed by atoms with Crippen LogP contribution in [0.4, 0.5) is 0 Å². The highest BCUT2D eigenvalue weighted by Crippen LogP contribution is 2.23. The third-order valence-corrected chi connectivity index (χ3v) is 5.57. The molecule has 8 heteroatoms. The Bertz CT molecular complexity index is 1350. The molecular formula is C28H28ClN3O4. The van der Waals surface area contributed by atoms with E-state index in [1.165, 1.54) is 17.6 Å². The number of nitrogens with one attached hydrogen (secondary N) is 1. The van der Waals surface area contributed by atoms with Crippen LogP contribution in [0.1, 0.15) is 47.1 Å². The molecule has 0 saturated heterocycles. The van der Waals surface area contributed by atoms with Crippen molar-refractivity contribution in [3.8, 4) is 17.2 Å². The fourth-order valence-electron chi connectivity index (χ4n) is 3.70. The van der Waals surface area contributed by atoms with E-state index in [2.05, 4.69) is 41.1 Å². The van der Waals surface area contributed by atoms with Crippen LogP contribution in [0.2, 0.25) is 5.02 Å². The van der Waals surface area contributed by atoms with Crippen LogP contribution in [0.3, 0.4) is 0 Å². The van der Waals surface area contributed by atoms with Crippen LogP contribution >= 0.6 is 11.6 Å². The molecule has 1 amide bonds. The van der Waals surface area contributed by atoms with E-state index in [9.17, 15) is 4.79 Å². The number of ether oxygens (including phenoxy) is 2. The summed E-state index contributed by atoms with van der Waals surface area (Å²) < 4.78 is 19.4. The molecular weight excluding hydrogens is 478 g/mol. The normalized spacial score (nSPS) is 11.3. The second-order valence-electron chi connectivity index (χ2n) is 8.55. The number of rotatable bonds is 9.